The fourth-order valence-electron chi connectivity index (χ4n) is 1.99. The maximum atomic E-state index is 12.7. The van der Waals surface area contributed by atoms with Crippen LogP contribution in [0, 0.1) is 11.7 Å². The van der Waals surface area contributed by atoms with Gasteiger partial charge in [-0.05, 0) is 43.0 Å². The molecule has 1 atom stereocenters. The minimum Gasteiger partial charge on any atom is -0.376 e. The van der Waals surface area contributed by atoms with Crippen LogP contribution in [0.15, 0.2) is 24.3 Å². The van der Waals surface area contributed by atoms with Gasteiger partial charge in [-0.15, -0.1) is 0 Å². The van der Waals surface area contributed by atoms with Gasteiger partial charge in [0.25, 0.3) is 0 Å². The highest BCUT2D eigenvalue weighted by Gasteiger charge is 2.12. The first-order valence-corrected chi connectivity index (χ1v) is 5.87. The topological polar surface area (TPSA) is 21.3 Å². The molecule has 0 spiro atoms. The Morgan fingerprint density at radius 1 is 1.31 bits per heavy atom. The standard InChI is InChI=1S/C13H18FNO/c14-13-5-3-11(4-6-13)9-16-10-12-2-1-7-15-8-12/h3-6,12,15H,1-2,7-10H2/t12-/m0/s1. The van der Waals surface area contributed by atoms with Crippen molar-refractivity contribution in [2.24, 2.45) is 5.92 Å². The highest BCUT2D eigenvalue weighted by Crippen LogP contribution is 2.11. The molecule has 0 unspecified atom stereocenters. The molecule has 3 heteroatoms. The number of halogens is 1. The number of benzene rings is 1. The molecule has 1 fully saturated rings. The molecule has 1 aliphatic rings. The monoisotopic (exact) mass is 223 g/mol. The van der Waals surface area contributed by atoms with Crippen molar-refractivity contribution in [3.8, 4) is 0 Å². The van der Waals surface area contributed by atoms with Crippen molar-refractivity contribution in [2.45, 2.75) is 19.4 Å². The Hall–Kier alpha value is -0.930. The first kappa shape index (κ1) is 11.6. The van der Waals surface area contributed by atoms with Gasteiger partial charge in [0.2, 0.25) is 0 Å². The number of hydrogen-bond acceptors (Lipinski definition) is 2. The summed E-state index contributed by atoms with van der Waals surface area (Å²) in [6.07, 6.45) is 2.49. The number of nitrogens with one attached hydrogen (secondary N) is 1. The molecule has 2 nitrogen and oxygen atoms in total. The molecule has 0 radical (unpaired) electrons. The van der Waals surface area contributed by atoms with Crippen LogP contribution in [0.1, 0.15) is 18.4 Å². The van der Waals surface area contributed by atoms with Crippen LogP contribution in [0.2, 0.25) is 0 Å². The van der Waals surface area contributed by atoms with Crippen molar-refractivity contribution in [1.29, 1.82) is 0 Å². The van der Waals surface area contributed by atoms with Gasteiger partial charge in [0.05, 0.1) is 13.2 Å². The minimum absolute atomic E-state index is 0.194. The lowest BCUT2D eigenvalue weighted by Gasteiger charge is -2.22. The van der Waals surface area contributed by atoms with Gasteiger partial charge < -0.3 is 10.1 Å². The van der Waals surface area contributed by atoms with Crippen LogP contribution in [0.25, 0.3) is 0 Å². The Balaban J connectivity index is 1.69. The molecule has 1 N–H and O–H groups in total. The average Bonchev–Trinajstić information content (AvgIpc) is 2.33. The second kappa shape index (κ2) is 5.97. The summed E-state index contributed by atoms with van der Waals surface area (Å²) in [6.45, 7) is 3.57. The van der Waals surface area contributed by atoms with Gasteiger partial charge in [0, 0.05) is 6.54 Å². The van der Waals surface area contributed by atoms with E-state index in [0.717, 1.165) is 25.3 Å². The molecule has 88 valence electrons. The molecule has 0 amide bonds. The maximum absolute atomic E-state index is 12.7. The lowest BCUT2D eigenvalue weighted by atomic mass is 10.0. The fourth-order valence-corrected chi connectivity index (χ4v) is 1.99. The predicted octanol–water partition coefficient (Wildman–Crippen LogP) is 2.34. The lowest BCUT2D eigenvalue weighted by molar-refractivity contribution is 0.0782. The molecular weight excluding hydrogens is 205 g/mol. The van der Waals surface area contributed by atoms with E-state index in [1.807, 2.05) is 0 Å². The summed E-state index contributed by atoms with van der Waals surface area (Å²) in [5.41, 5.74) is 1.03. The molecule has 1 aromatic rings. The van der Waals surface area contributed by atoms with Crippen molar-refractivity contribution in [3.05, 3.63) is 35.6 Å². The van der Waals surface area contributed by atoms with Crippen LogP contribution >= 0.6 is 0 Å². The Bertz CT molecular complexity index is 306. The average molecular weight is 223 g/mol. The van der Waals surface area contributed by atoms with Crippen molar-refractivity contribution in [3.63, 3.8) is 0 Å². The summed E-state index contributed by atoms with van der Waals surface area (Å²) in [5, 5.41) is 3.36. The first-order chi connectivity index (χ1) is 7.84. The Morgan fingerprint density at radius 3 is 2.81 bits per heavy atom. The van der Waals surface area contributed by atoms with Crippen LogP contribution in [-0.4, -0.2) is 19.7 Å². The molecule has 0 aromatic heterocycles. The third kappa shape index (κ3) is 3.58. The molecule has 0 bridgehead atoms. The lowest BCUT2D eigenvalue weighted by Crippen LogP contribution is -2.32. The normalized spacial score (nSPS) is 20.9. The van der Waals surface area contributed by atoms with Crippen molar-refractivity contribution in [2.75, 3.05) is 19.7 Å². The highest BCUT2D eigenvalue weighted by molar-refractivity contribution is 5.14. The zero-order chi connectivity index (χ0) is 11.2. The molecule has 1 aromatic carbocycles. The van der Waals surface area contributed by atoms with Gasteiger partial charge in [-0.3, -0.25) is 0 Å². The second-order valence-electron chi connectivity index (χ2n) is 4.35. The summed E-state index contributed by atoms with van der Waals surface area (Å²) < 4.78 is 18.3. The Kier molecular flexibility index (Phi) is 4.31. The Labute approximate surface area is 95.8 Å². The van der Waals surface area contributed by atoms with E-state index in [-0.39, 0.29) is 5.82 Å². The molecule has 1 aliphatic heterocycles. The van der Waals surface area contributed by atoms with Gasteiger partial charge in [-0.2, -0.15) is 0 Å². The van der Waals surface area contributed by atoms with Crippen molar-refractivity contribution < 1.29 is 9.13 Å². The molecule has 1 heterocycles. The van der Waals surface area contributed by atoms with Gasteiger partial charge in [-0.25, -0.2) is 4.39 Å². The molecule has 0 saturated carbocycles. The van der Waals surface area contributed by atoms with E-state index in [0.29, 0.717) is 12.5 Å². The van der Waals surface area contributed by atoms with E-state index >= 15 is 0 Å². The summed E-state index contributed by atoms with van der Waals surface area (Å²) in [4.78, 5) is 0. The number of rotatable bonds is 4. The zero-order valence-corrected chi connectivity index (χ0v) is 9.42. The minimum atomic E-state index is -0.194. The Morgan fingerprint density at radius 2 is 2.12 bits per heavy atom. The summed E-state index contributed by atoms with van der Waals surface area (Å²) in [7, 11) is 0. The summed E-state index contributed by atoms with van der Waals surface area (Å²) in [6, 6.07) is 6.49. The smallest absolute Gasteiger partial charge is 0.123 e. The van der Waals surface area contributed by atoms with Gasteiger partial charge in [0.15, 0.2) is 0 Å². The van der Waals surface area contributed by atoms with Crippen LogP contribution in [0.4, 0.5) is 4.39 Å². The SMILES string of the molecule is Fc1ccc(COC[C@H]2CCCNC2)cc1. The number of ether oxygens (including phenoxy) is 1. The molecule has 1 saturated heterocycles. The van der Waals surface area contributed by atoms with E-state index in [4.69, 9.17) is 4.74 Å². The number of piperidine rings is 1. The van der Waals surface area contributed by atoms with Crippen molar-refractivity contribution in [1.82, 2.24) is 5.32 Å². The van der Waals surface area contributed by atoms with Gasteiger partial charge in [0.1, 0.15) is 5.82 Å². The molecule has 16 heavy (non-hydrogen) atoms. The largest absolute Gasteiger partial charge is 0.376 e. The molecule has 0 aliphatic carbocycles. The maximum Gasteiger partial charge on any atom is 0.123 e. The predicted molar refractivity (Wildman–Crippen MR) is 61.6 cm³/mol. The summed E-state index contributed by atoms with van der Waals surface area (Å²) in [5.74, 6) is 0.439. The van der Waals surface area contributed by atoms with Gasteiger partial charge in [-0.1, -0.05) is 12.1 Å². The van der Waals surface area contributed by atoms with E-state index in [1.54, 1.807) is 12.1 Å². The van der Waals surface area contributed by atoms with Crippen LogP contribution < -0.4 is 5.32 Å². The third-order valence-corrected chi connectivity index (χ3v) is 2.93. The second-order valence-corrected chi connectivity index (χ2v) is 4.35. The van der Waals surface area contributed by atoms with E-state index in [1.165, 1.54) is 25.0 Å². The quantitative estimate of drug-likeness (QED) is 0.846. The highest BCUT2D eigenvalue weighted by atomic mass is 19.1. The zero-order valence-electron chi connectivity index (χ0n) is 9.42. The number of hydrogen-bond donors (Lipinski definition) is 1. The molecule has 2 rings (SSSR count). The van der Waals surface area contributed by atoms with Gasteiger partial charge >= 0.3 is 0 Å². The first-order valence-electron chi connectivity index (χ1n) is 5.87. The molecular formula is C13H18FNO. The third-order valence-electron chi connectivity index (χ3n) is 2.93. The van der Waals surface area contributed by atoms with Crippen molar-refractivity contribution >= 4 is 0 Å². The van der Waals surface area contributed by atoms with Crippen LogP contribution in [-0.2, 0) is 11.3 Å². The summed E-state index contributed by atoms with van der Waals surface area (Å²) >= 11 is 0. The van der Waals surface area contributed by atoms with E-state index in [9.17, 15) is 4.39 Å². The van der Waals surface area contributed by atoms with Crippen LogP contribution in [0.5, 0.6) is 0 Å². The van der Waals surface area contributed by atoms with Crippen LogP contribution in [0.3, 0.4) is 0 Å². The fraction of sp³-hybridized carbons (Fsp3) is 0.538. The van der Waals surface area contributed by atoms with E-state index in [2.05, 4.69) is 5.32 Å². The van der Waals surface area contributed by atoms with E-state index < -0.39 is 0 Å².